The minimum absolute atomic E-state index is 0.0163. The summed E-state index contributed by atoms with van der Waals surface area (Å²) in [6, 6.07) is 0. The first-order valence-corrected chi connectivity index (χ1v) is 27.4. The summed E-state index contributed by atoms with van der Waals surface area (Å²) in [4.78, 5) is 12.4. The average Bonchev–Trinajstić information content (AvgIpc) is 3.78. The Kier molecular flexibility index (Phi) is 19.8. The van der Waals surface area contributed by atoms with Gasteiger partial charge < -0.3 is 114 Å². The maximum Gasteiger partial charge on any atom is 0.302 e. The smallest absolute Gasteiger partial charge is 0.302 e. The molecule has 30 atom stereocenters. The summed E-state index contributed by atoms with van der Waals surface area (Å²) in [5.41, 5.74) is -0.0171. The van der Waals surface area contributed by atoms with Crippen LogP contribution < -0.4 is 0 Å². The van der Waals surface area contributed by atoms with E-state index in [0.717, 1.165) is 25.3 Å². The Morgan fingerprint density at radius 2 is 1.25 bits per heavy atom. The van der Waals surface area contributed by atoms with Gasteiger partial charge in [-0.15, -0.1) is 0 Å². The second-order valence-electron chi connectivity index (χ2n) is 23.8. The summed E-state index contributed by atoms with van der Waals surface area (Å²) in [7, 11) is 0. The van der Waals surface area contributed by atoms with Crippen molar-refractivity contribution in [1.29, 1.82) is 0 Å². The van der Waals surface area contributed by atoms with Crippen molar-refractivity contribution in [1.82, 2.24) is 0 Å². The molecule has 0 aromatic carbocycles. The summed E-state index contributed by atoms with van der Waals surface area (Å²) < 4.78 is 53.2. The van der Waals surface area contributed by atoms with Crippen LogP contribution in [-0.4, -0.2) is 246 Å². The maximum absolute atomic E-state index is 12.4. The van der Waals surface area contributed by atoms with E-state index in [4.69, 9.17) is 42.6 Å². The first kappa shape index (κ1) is 61.1. The van der Waals surface area contributed by atoms with Crippen LogP contribution in [0, 0.1) is 52.3 Å². The molecule has 0 amide bonds. The van der Waals surface area contributed by atoms with Crippen LogP contribution in [-0.2, 0) is 47.4 Å². The van der Waals surface area contributed by atoms with Gasteiger partial charge in [0.25, 0.3) is 0 Å². The first-order valence-electron chi connectivity index (χ1n) is 27.4. The van der Waals surface area contributed by atoms with Gasteiger partial charge in [0.05, 0.1) is 32.0 Å². The van der Waals surface area contributed by atoms with Crippen LogP contribution in [0.1, 0.15) is 80.1 Å². The Bertz CT molecular complexity index is 2010. The van der Waals surface area contributed by atoms with Gasteiger partial charge in [-0.1, -0.05) is 52.8 Å². The normalized spacial score (nSPS) is 50.1. The molecule has 30 unspecified atom stereocenters. The molecule has 0 aromatic heterocycles. The van der Waals surface area contributed by atoms with E-state index in [-0.39, 0.29) is 48.0 Å². The molecular weight excluding hydrogens is 1020 g/mol. The van der Waals surface area contributed by atoms with Crippen LogP contribution in [0.2, 0.25) is 0 Å². The fraction of sp³-hybridized carbons (Fsp3) is 0.906. The van der Waals surface area contributed by atoms with Gasteiger partial charge >= 0.3 is 5.97 Å². The zero-order valence-corrected chi connectivity index (χ0v) is 44.6. The van der Waals surface area contributed by atoms with Gasteiger partial charge in [-0.2, -0.15) is 0 Å². The largest absolute Gasteiger partial charge is 0.463 e. The number of esters is 1. The zero-order valence-electron chi connectivity index (χ0n) is 44.6. The Balaban J connectivity index is 1.05. The minimum atomic E-state index is -2.03. The quantitative estimate of drug-likeness (QED) is 0.0505. The number of aliphatic hydroxyl groups is 14. The molecule has 8 aliphatic rings. The van der Waals surface area contributed by atoms with E-state index in [0.29, 0.717) is 31.1 Å². The second-order valence-corrected chi connectivity index (χ2v) is 23.8. The summed E-state index contributed by atoms with van der Waals surface area (Å²) in [5, 5.41) is 154. The van der Waals surface area contributed by atoms with Crippen molar-refractivity contribution in [2.75, 3.05) is 33.0 Å². The Hall–Kier alpha value is -1.93. The van der Waals surface area contributed by atoms with Crippen LogP contribution in [0.15, 0.2) is 23.8 Å². The molecule has 8 rings (SSSR count). The molecule has 442 valence electrons. The molecule has 4 aliphatic carbocycles. The standard InChI is InChI=1S/C53H86O24/c1-21(2)22(3)7-8-24(16-54)28-15-29(58)35-25-9-10-27-36(60)31(12-14-52(27,5)26(25)11-13-53(28,35)6)71-51-44(68)47(46(34(74-51)20-69-23(4)57)76-50-42(66)40(64)38(62)33(18-56)73-50)77-48-43(67)45(30(59)19-70-48)75-49-41(65)39(63)37(61)32(17-55)72-49/h7-8,10,21-22,24-26,28-51,54-56,58-68H,9,11-20H2,1-6H3. The Morgan fingerprint density at radius 1 is 0.675 bits per heavy atom. The van der Waals surface area contributed by atoms with Crippen molar-refractivity contribution in [2.24, 2.45) is 52.3 Å². The molecule has 7 fully saturated rings. The number of rotatable bonds is 17. The summed E-state index contributed by atoms with van der Waals surface area (Å²) >= 11 is 0. The summed E-state index contributed by atoms with van der Waals surface area (Å²) in [6.07, 6.45) is -26.9. The predicted molar refractivity (Wildman–Crippen MR) is 262 cm³/mol. The highest BCUT2D eigenvalue weighted by molar-refractivity contribution is 5.65. The lowest BCUT2D eigenvalue weighted by molar-refractivity contribution is -0.392. The van der Waals surface area contributed by atoms with Crippen molar-refractivity contribution in [3.8, 4) is 0 Å². The topological polar surface area (TPSA) is 383 Å². The number of allylic oxidation sites excluding steroid dienone is 2. The molecule has 4 heterocycles. The van der Waals surface area contributed by atoms with Crippen LogP contribution in [0.25, 0.3) is 0 Å². The highest BCUT2D eigenvalue weighted by Crippen LogP contribution is 2.67. The van der Waals surface area contributed by atoms with E-state index in [1.54, 1.807) is 0 Å². The van der Waals surface area contributed by atoms with Crippen molar-refractivity contribution in [3.63, 3.8) is 0 Å². The first-order chi connectivity index (χ1) is 36.4. The van der Waals surface area contributed by atoms with Gasteiger partial charge in [0.2, 0.25) is 0 Å². The van der Waals surface area contributed by atoms with Crippen LogP contribution in [0.5, 0.6) is 0 Å². The summed E-state index contributed by atoms with van der Waals surface area (Å²) in [6.45, 7) is 9.06. The molecule has 0 bridgehead atoms. The van der Waals surface area contributed by atoms with E-state index < -0.39 is 173 Å². The molecule has 24 nitrogen and oxygen atoms in total. The van der Waals surface area contributed by atoms with Crippen molar-refractivity contribution in [2.45, 2.75) is 215 Å². The third-order valence-corrected chi connectivity index (χ3v) is 19.0. The average molecular weight is 1110 g/mol. The molecule has 14 N–H and O–H groups in total. The second kappa shape index (κ2) is 24.9. The zero-order chi connectivity index (χ0) is 56.2. The van der Waals surface area contributed by atoms with Crippen molar-refractivity contribution >= 4 is 5.97 Å². The Labute approximate surface area is 448 Å². The number of ether oxygens (including phenoxy) is 9. The highest BCUT2D eigenvalue weighted by atomic mass is 16.8. The minimum Gasteiger partial charge on any atom is -0.463 e. The van der Waals surface area contributed by atoms with E-state index >= 15 is 0 Å². The van der Waals surface area contributed by atoms with Gasteiger partial charge in [-0.25, -0.2) is 0 Å². The third kappa shape index (κ3) is 11.9. The monoisotopic (exact) mass is 1110 g/mol. The van der Waals surface area contributed by atoms with Gasteiger partial charge in [0, 0.05) is 19.4 Å². The fourth-order valence-electron chi connectivity index (χ4n) is 14.2. The summed E-state index contributed by atoms with van der Waals surface area (Å²) in [5.74, 6) is 0.0872. The van der Waals surface area contributed by atoms with E-state index in [1.165, 1.54) is 0 Å². The third-order valence-electron chi connectivity index (χ3n) is 19.0. The number of hydrogen-bond acceptors (Lipinski definition) is 24. The van der Waals surface area contributed by atoms with Crippen LogP contribution in [0.3, 0.4) is 0 Å². The predicted octanol–water partition coefficient (Wildman–Crippen LogP) is -3.17. The van der Waals surface area contributed by atoms with Crippen LogP contribution in [0.4, 0.5) is 0 Å². The van der Waals surface area contributed by atoms with Crippen molar-refractivity contribution in [3.05, 3.63) is 23.8 Å². The maximum atomic E-state index is 12.4. The number of carbonyl (C=O) groups is 1. The Morgan fingerprint density at radius 3 is 1.83 bits per heavy atom. The molecule has 0 radical (unpaired) electrons. The number of fused-ring (bicyclic) bond motifs is 5. The number of aliphatic hydroxyl groups excluding tert-OH is 14. The van der Waals surface area contributed by atoms with E-state index in [2.05, 4.69) is 46.8 Å². The van der Waals surface area contributed by atoms with Crippen LogP contribution >= 0.6 is 0 Å². The van der Waals surface area contributed by atoms with E-state index in [1.807, 2.05) is 6.08 Å². The van der Waals surface area contributed by atoms with Gasteiger partial charge in [0.15, 0.2) is 25.2 Å². The fourth-order valence-corrected chi connectivity index (χ4v) is 14.2. The van der Waals surface area contributed by atoms with Gasteiger partial charge in [-0.3, -0.25) is 4.79 Å². The van der Waals surface area contributed by atoms with Crippen molar-refractivity contribution < 1.29 is 119 Å². The van der Waals surface area contributed by atoms with Gasteiger partial charge in [-0.05, 0) is 90.4 Å². The lowest BCUT2D eigenvalue weighted by atomic mass is 9.46. The van der Waals surface area contributed by atoms with Gasteiger partial charge in [0.1, 0.15) is 104 Å². The number of hydrogen-bond donors (Lipinski definition) is 14. The molecule has 0 spiro atoms. The molecule has 4 aliphatic heterocycles. The molecule has 0 aromatic rings. The molecule has 24 heteroatoms. The highest BCUT2D eigenvalue weighted by Gasteiger charge is 2.64. The molecule has 3 saturated carbocycles. The molecular formula is C53H86O24. The SMILES string of the molecule is CC(=O)OCC1OC(OC2CCC3(C)C(=CCC4C3CCC3(C)C(C(C=CC(C)C(C)C)CO)CC(O)C43)C2O)C(O)C(OC2OCC(O)C(OC3OC(CO)C(O)C(O)C3O)C2O)C1OC1OC(CO)C(O)C(O)C1O. The molecule has 77 heavy (non-hydrogen) atoms. The molecule has 4 saturated heterocycles. The van der Waals surface area contributed by atoms with E-state index in [9.17, 15) is 76.3 Å². The lowest BCUT2D eigenvalue weighted by Crippen LogP contribution is -2.67. The lowest BCUT2D eigenvalue weighted by Gasteiger charge is -2.59. The number of carbonyl (C=O) groups excluding carboxylic acids is 1.